The molecular formula is C45H41ClF10N10O6S2. The number of benzene rings is 2. The molecule has 0 aliphatic heterocycles. The summed E-state index contributed by atoms with van der Waals surface area (Å²) in [6, 6.07) is 4.30. The number of halogens is 11. The quantitative estimate of drug-likeness (QED) is 0.0413. The van der Waals surface area contributed by atoms with Crippen molar-refractivity contribution in [1.82, 2.24) is 35.2 Å². The summed E-state index contributed by atoms with van der Waals surface area (Å²) in [7, 11) is -8.68. The molecule has 74 heavy (non-hydrogen) atoms. The number of anilines is 1. The van der Waals surface area contributed by atoms with Crippen LogP contribution >= 0.6 is 11.6 Å². The molecule has 2 saturated carbocycles. The summed E-state index contributed by atoms with van der Waals surface area (Å²) in [6.07, 6.45) is -9.99. The van der Waals surface area contributed by atoms with Gasteiger partial charge in [-0.05, 0) is 87.3 Å². The molecule has 3 aromatic heterocycles. The number of sulfonamides is 1. The van der Waals surface area contributed by atoms with Gasteiger partial charge < -0.3 is 16.4 Å². The van der Waals surface area contributed by atoms with E-state index in [4.69, 9.17) is 22.7 Å². The van der Waals surface area contributed by atoms with Gasteiger partial charge in [-0.2, -0.15) is 49.6 Å². The maximum absolute atomic E-state index is 15.6. The van der Waals surface area contributed by atoms with E-state index < -0.39 is 166 Å². The number of carbonyl (C=O) groups excluding carboxylic acids is 2. The van der Waals surface area contributed by atoms with E-state index in [-0.39, 0.29) is 50.6 Å². The topological polar surface area (TPSA) is 228 Å². The van der Waals surface area contributed by atoms with E-state index in [2.05, 4.69) is 37.7 Å². The van der Waals surface area contributed by atoms with Crippen LogP contribution in [-0.4, -0.2) is 88.6 Å². The van der Waals surface area contributed by atoms with E-state index >= 15 is 8.78 Å². The molecule has 8 rings (SSSR count). The first-order valence-corrected chi connectivity index (χ1v) is 26.1. The zero-order valence-electron chi connectivity index (χ0n) is 38.9. The molecule has 2 amide bonds. The van der Waals surface area contributed by atoms with E-state index in [0.717, 1.165) is 42.7 Å². The lowest BCUT2D eigenvalue weighted by Crippen LogP contribution is -2.52. The van der Waals surface area contributed by atoms with Crippen LogP contribution in [0.2, 0.25) is 5.02 Å². The molecular weight excluding hydrogens is 1070 g/mol. The van der Waals surface area contributed by atoms with Crippen molar-refractivity contribution >= 4 is 66.0 Å². The second-order valence-electron chi connectivity index (χ2n) is 18.8. The number of sulfone groups is 1. The fourth-order valence-corrected chi connectivity index (χ4v) is 10.5. The van der Waals surface area contributed by atoms with Gasteiger partial charge in [-0.1, -0.05) is 23.6 Å². The van der Waals surface area contributed by atoms with Gasteiger partial charge in [0.1, 0.15) is 40.9 Å². The maximum Gasteiger partial charge on any atom is 0.435 e. The number of amides is 2. The number of pyridine rings is 1. The molecule has 16 nitrogen and oxygen atoms in total. The zero-order valence-corrected chi connectivity index (χ0v) is 41.2. The van der Waals surface area contributed by atoms with Gasteiger partial charge in [0.25, 0.3) is 5.92 Å². The highest BCUT2D eigenvalue weighted by molar-refractivity contribution is 7.93. The molecule has 5 N–H and O–H groups in total. The summed E-state index contributed by atoms with van der Waals surface area (Å²) in [5.41, 5.74) is -0.426. The molecule has 3 aliphatic rings. The van der Waals surface area contributed by atoms with E-state index in [9.17, 15) is 61.5 Å². The molecule has 0 spiro atoms. The molecule has 2 fully saturated rings. The van der Waals surface area contributed by atoms with Crippen molar-refractivity contribution in [3.05, 3.63) is 93.0 Å². The van der Waals surface area contributed by atoms with Gasteiger partial charge in [0.15, 0.2) is 27.3 Å². The van der Waals surface area contributed by atoms with Crippen LogP contribution in [0.25, 0.3) is 22.0 Å². The van der Waals surface area contributed by atoms with E-state index in [0.29, 0.717) is 17.0 Å². The molecule has 3 aliphatic carbocycles. The van der Waals surface area contributed by atoms with Crippen molar-refractivity contribution in [2.24, 2.45) is 17.6 Å². The largest absolute Gasteiger partial charge is 0.435 e. The summed E-state index contributed by atoms with van der Waals surface area (Å²) < 4.78 is 199. The lowest BCUT2D eigenvalue weighted by molar-refractivity contribution is -0.143. The van der Waals surface area contributed by atoms with E-state index in [1.165, 1.54) is 13.8 Å². The zero-order chi connectivity index (χ0) is 54.6. The van der Waals surface area contributed by atoms with Crippen LogP contribution in [0.15, 0.2) is 42.5 Å². The number of hydrogen-bond donors (Lipinski definition) is 4. The number of rotatable bonds is 13. The molecule has 2 aromatic carbocycles. The van der Waals surface area contributed by atoms with Crippen molar-refractivity contribution in [2.75, 3.05) is 16.8 Å². The van der Waals surface area contributed by atoms with Crippen LogP contribution in [0.1, 0.15) is 79.0 Å². The van der Waals surface area contributed by atoms with Gasteiger partial charge in [0.2, 0.25) is 21.8 Å². The second kappa shape index (κ2) is 18.4. The summed E-state index contributed by atoms with van der Waals surface area (Å²) in [6.45, 7) is -0.785. The Morgan fingerprint density at radius 3 is 2.18 bits per heavy atom. The van der Waals surface area contributed by atoms with Crippen LogP contribution in [0, 0.1) is 40.7 Å². The van der Waals surface area contributed by atoms with E-state index in [1.807, 2.05) is 0 Å². The normalized spacial score (nSPS) is 19.7. The van der Waals surface area contributed by atoms with Gasteiger partial charge in [0, 0.05) is 46.9 Å². The Balaban J connectivity index is 1.34. The number of guanidine groups is 1. The Hall–Kier alpha value is -6.47. The molecule has 3 heterocycles. The standard InChI is InChI=1S/C45H41ClF10N10O6S2/c1-42(2,73(3,69)70)10-9-24-5-6-26(27-7-8-30(46)34-36(27)65(19-43(49,50)51)63-39(34)66(74(4,71)72)40(68)21-14-25(15-21)60-41(57)58)35(59-24)31(13-20-11-22(47)16-23(48)12-20)61-32(67)18-64-38-33(37(62-64)45(54,55)56)28-17-29(28)44(38,52)53/h5-8,11-12,16,21,25,28-29,31H,13-15,17-19H2,1-4H3,(H,61,67)(H4,57,58,60)/t21-,25-,28-,29+,31?/m0/s1. The summed E-state index contributed by atoms with van der Waals surface area (Å²) in [5, 5.41) is 18.9. The molecule has 0 radical (unpaired) electrons. The number of nitrogens with zero attached hydrogens (tertiary/aromatic N) is 6. The third-order valence-electron chi connectivity index (χ3n) is 12.9. The summed E-state index contributed by atoms with van der Waals surface area (Å²) >= 11 is 6.69. The average molecular weight is 1110 g/mol. The van der Waals surface area contributed by atoms with Crippen molar-refractivity contribution in [2.45, 2.75) is 93.6 Å². The van der Waals surface area contributed by atoms with Crippen LogP contribution in [0.3, 0.4) is 0 Å². The van der Waals surface area contributed by atoms with Crippen molar-refractivity contribution < 1.29 is 70.3 Å². The predicted molar refractivity (Wildman–Crippen MR) is 247 cm³/mol. The van der Waals surface area contributed by atoms with Gasteiger partial charge in [-0.15, -0.1) is 0 Å². The lowest BCUT2D eigenvalue weighted by atomic mass is 9.79. The molecule has 29 heteroatoms. The number of carbonyl (C=O) groups is 2. The highest BCUT2D eigenvalue weighted by atomic mass is 35.5. The minimum Gasteiger partial charge on any atom is -0.370 e. The van der Waals surface area contributed by atoms with Crippen LogP contribution < -0.4 is 20.7 Å². The number of hydrogen-bond acceptors (Lipinski definition) is 10. The third kappa shape index (κ3) is 10.5. The summed E-state index contributed by atoms with van der Waals surface area (Å²) in [4.78, 5) is 32.8. The number of nitrogens with one attached hydrogen (secondary N) is 3. The van der Waals surface area contributed by atoms with Gasteiger partial charge >= 0.3 is 12.4 Å². The molecule has 1 unspecified atom stereocenters. The van der Waals surface area contributed by atoms with Gasteiger partial charge in [-0.3, -0.25) is 24.4 Å². The Morgan fingerprint density at radius 1 is 0.959 bits per heavy atom. The number of nitrogens with two attached hydrogens (primary N) is 1. The van der Waals surface area contributed by atoms with Gasteiger partial charge in [0.05, 0.1) is 33.9 Å². The van der Waals surface area contributed by atoms with Crippen LogP contribution in [0.5, 0.6) is 0 Å². The maximum atomic E-state index is 15.6. The Morgan fingerprint density at radius 2 is 1.59 bits per heavy atom. The molecule has 0 bridgehead atoms. The molecule has 3 atom stereocenters. The fraction of sp³-hybridized carbons (Fsp3) is 0.422. The first-order valence-electron chi connectivity index (χ1n) is 22.0. The smallest absolute Gasteiger partial charge is 0.370 e. The van der Waals surface area contributed by atoms with Gasteiger partial charge in [-0.25, -0.2) is 30.6 Å². The Kier molecular flexibility index (Phi) is 13.4. The number of aromatic nitrogens is 5. The monoisotopic (exact) mass is 1110 g/mol. The highest BCUT2D eigenvalue weighted by Crippen LogP contribution is 2.68. The Bertz CT molecular complexity index is 3450. The van der Waals surface area contributed by atoms with Crippen LogP contribution in [-0.2, 0) is 61.1 Å². The highest BCUT2D eigenvalue weighted by Gasteiger charge is 2.68. The summed E-state index contributed by atoms with van der Waals surface area (Å²) in [5.74, 6) is -8.60. The molecule has 396 valence electrons. The fourth-order valence-electron chi connectivity index (χ4n) is 9.15. The Labute approximate surface area is 419 Å². The first kappa shape index (κ1) is 53.8. The molecule has 0 saturated heterocycles. The minimum absolute atomic E-state index is 0.0611. The molecule has 5 aromatic rings. The first-order chi connectivity index (χ1) is 34.1. The minimum atomic E-state index is -5.22. The number of alkyl halides is 8. The predicted octanol–water partition coefficient (Wildman–Crippen LogP) is 6.85. The van der Waals surface area contributed by atoms with E-state index in [1.54, 1.807) is 0 Å². The van der Waals surface area contributed by atoms with Crippen molar-refractivity contribution in [1.29, 1.82) is 5.41 Å². The van der Waals surface area contributed by atoms with Crippen molar-refractivity contribution in [3.63, 3.8) is 0 Å². The lowest BCUT2D eigenvalue weighted by Gasteiger charge is -2.36. The average Bonchev–Trinajstić information content (AvgIpc) is 3.75. The third-order valence-corrected chi connectivity index (χ3v) is 16.2. The number of fused-ring (bicyclic) bond motifs is 4. The van der Waals surface area contributed by atoms with Crippen molar-refractivity contribution in [3.8, 4) is 23.0 Å². The second-order valence-corrected chi connectivity index (χ2v) is 23.6. The SMILES string of the molecule is CC(C)(C#Cc1ccc(-c2ccc(Cl)c3c(N(C(=O)[C@H]4C[C@H](NC(=N)N)C4)S(C)(=O)=O)nn(CC(F)(F)F)c23)c(C(Cc2cc(F)cc(F)c2)NC(=O)Cn2nc(C(F)(F)F)c3c2C(F)(F)[C@@H]2C[C@H]32)n1)S(C)(=O)=O. The van der Waals surface area contributed by atoms with Crippen LogP contribution in [0.4, 0.5) is 49.7 Å².